The number of thioether (sulfide) groups is 1. The molecule has 1 aromatic carbocycles. The van der Waals surface area contributed by atoms with Gasteiger partial charge in [-0.05, 0) is 31.4 Å². The van der Waals surface area contributed by atoms with Crippen LogP contribution in [0, 0.1) is 5.82 Å². The van der Waals surface area contributed by atoms with Crippen molar-refractivity contribution in [3.8, 4) is 0 Å². The number of nitrogens with two attached hydrogens (primary N) is 1. The van der Waals surface area contributed by atoms with Crippen molar-refractivity contribution in [3.63, 3.8) is 0 Å². The summed E-state index contributed by atoms with van der Waals surface area (Å²) in [5, 5.41) is 0.266. The smallest absolute Gasteiger partial charge is 0.322 e. The van der Waals surface area contributed by atoms with E-state index in [1.165, 1.54) is 31.0 Å². The van der Waals surface area contributed by atoms with Crippen LogP contribution in [-0.4, -0.2) is 17.8 Å². The highest BCUT2D eigenvalue weighted by molar-refractivity contribution is 8.01. The van der Waals surface area contributed by atoms with E-state index in [2.05, 4.69) is 0 Å². The number of carbonyl (C=O) groups excluding carboxylic acids is 1. The average molecular weight is 290 g/mol. The predicted molar refractivity (Wildman–Crippen MR) is 70.3 cm³/mol. The van der Waals surface area contributed by atoms with Gasteiger partial charge in [0.1, 0.15) is 10.6 Å². The Labute approximate surface area is 114 Å². The lowest BCUT2D eigenvalue weighted by molar-refractivity contribution is -0.145. The Balaban J connectivity index is 2.28. The van der Waals surface area contributed by atoms with Crippen molar-refractivity contribution in [2.24, 2.45) is 0 Å². The first-order chi connectivity index (χ1) is 8.48. The zero-order valence-electron chi connectivity index (χ0n) is 9.83. The van der Waals surface area contributed by atoms with Gasteiger partial charge in [-0.3, -0.25) is 4.79 Å². The Morgan fingerprint density at radius 3 is 2.72 bits per heavy atom. The Hall–Kier alpha value is -0.940. The molecule has 0 radical (unpaired) electrons. The number of methoxy groups -OCH3 is 1. The van der Waals surface area contributed by atoms with E-state index >= 15 is 0 Å². The van der Waals surface area contributed by atoms with Gasteiger partial charge in [0.15, 0.2) is 0 Å². The SMILES string of the molecule is COC(=O)C1(Sc2cc(N)c(F)cc2Cl)CCC1. The van der Waals surface area contributed by atoms with Crippen LogP contribution >= 0.6 is 23.4 Å². The fourth-order valence-electron chi connectivity index (χ4n) is 1.87. The van der Waals surface area contributed by atoms with Crippen molar-refractivity contribution in [2.45, 2.75) is 28.9 Å². The maximum Gasteiger partial charge on any atom is 0.322 e. The van der Waals surface area contributed by atoms with Crippen LogP contribution in [0.5, 0.6) is 0 Å². The fourth-order valence-corrected chi connectivity index (χ4v) is 3.55. The molecule has 0 amide bonds. The first kappa shape index (κ1) is 13.5. The number of ether oxygens (including phenoxy) is 1. The minimum absolute atomic E-state index is 0.0289. The van der Waals surface area contributed by atoms with E-state index in [9.17, 15) is 9.18 Å². The van der Waals surface area contributed by atoms with Crippen LogP contribution in [0.2, 0.25) is 5.02 Å². The van der Waals surface area contributed by atoms with Gasteiger partial charge in [-0.25, -0.2) is 4.39 Å². The highest BCUT2D eigenvalue weighted by Crippen LogP contribution is 2.50. The monoisotopic (exact) mass is 289 g/mol. The molecule has 6 heteroatoms. The van der Waals surface area contributed by atoms with Crippen LogP contribution in [0.25, 0.3) is 0 Å². The number of anilines is 1. The number of nitrogen functional groups attached to an aromatic ring is 1. The van der Waals surface area contributed by atoms with Crippen molar-refractivity contribution in [2.75, 3.05) is 12.8 Å². The summed E-state index contributed by atoms with van der Waals surface area (Å²) in [6, 6.07) is 2.63. The molecule has 1 aliphatic rings. The molecule has 0 atom stereocenters. The Morgan fingerprint density at radius 2 is 2.22 bits per heavy atom. The van der Waals surface area contributed by atoms with Crippen molar-refractivity contribution < 1.29 is 13.9 Å². The van der Waals surface area contributed by atoms with Crippen LogP contribution in [0.1, 0.15) is 19.3 Å². The van der Waals surface area contributed by atoms with Gasteiger partial charge in [0.2, 0.25) is 0 Å². The molecule has 3 nitrogen and oxygen atoms in total. The van der Waals surface area contributed by atoms with E-state index in [0.717, 1.165) is 19.3 Å². The molecule has 2 rings (SSSR count). The summed E-state index contributed by atoms with van der Waals surface area (Å²) in [5.74, 6) is -0.817. The van der Waals surface area contributed by atoms with Gasteiger partial charge in [-0.2, -0.15) is 0 Å². The van der Waals surface area contributed by atoms with Crippen LogP contribution in [0.4, 0.5) is 10.1 Å². The topological polar surface area (TPSA) is 52.3 Å². The number of benzene rings is 1. The minimum Gasteiger partial charge on any atom is -0.468 e. The van der Waals surface area contributed by atoms with E-state index in [4.69, 9.17) is 22.1 Å². The summed E-state index contributed by atoms with van der Waals surface area (Å²) >= 11 is 7.27. The van der Waals surface area contributed by atoms with Gasteiger partial charge in [0.05, 0.1) is 17.8 Å². The van der Waals surface area contributed by atoms with Gasteiger partial charge in [-0.1, -0.05) is 11.6 Å². The number of rotatable bonds is 3. The van der Waals surface area contributed by atoms with Gasteiger partial charge < -0.3 is 10.5 Å². The standard InChI is InChI=1S/C12H13ClFNO2S/c1-17-11(16)12(3-2-4-12)18-10-6-9(15)8(14)5-7(10)13/h5-6H,2-4,15H2,1H3. The minimum atomic E-state index is -0.595. The van der Waals surface area contributed by atoms with Gasteiger partial charge in [0, 0.05) is 4.90 Å². The lowest BCUT2D eigenvalue weighted by Crippen LogP contribution is -2.42. The van der Waals surface area contributed by atoms with Gasteiger partial charge in [-0.15, -0.1) is 11.8 Å². The molecule has 18 heavy (non-hydrogen) atoms. The molecule has 0 aromatic heterocycles. The normalized spacial score (nSPS) is 17.1. The van der Waals surface area contributed by atoms with Crippen LogP contribution < -0.4 is 5.73 Å². The highest BCUT2D eigenvalue weighted by Gasteiger charge is 2.46. The van der Waals surface area contributed by atoms with Gasteiger partial charge in [0.25, 0.3) is 0 Å². The molecule has 1 fully saturated rings. The third-order valence-electron chi connectivity index (χ3n) is 3.08. The molecule has 98 valence electrons. The first-order valence-corrected chi connectivity index (χ1v) is 6.70. The molecule has 1 saturated carbocycles. The number of esters is 1. The molecule has 2 N–H and O–H groups in total. The molecule has 1 aromatic rings. The Bertz CT molecular complexity index is 491. The molecule has 1 aliphatic carbocycles. The number of hydrogen-bond donors (Lipinski definition) is 1. The molecule has 0 bridgehead atoms. The van der Waals surface area contributed by atoms with Crippen molar-refractivity contribution >= 4 is 35.0 Å². The summed E-state index contributed by atoms with van der Waals surface area (Å²) < 4.78 is 17.4. The maximum absolute atomic E-state index is 13.2. The molecular formula is C12H13ClFNO2S. The fraction of sp³-hybridized carbons (Fsp3) is 0.417. The summed E-state index contributed by atoms with van der Waals surface area (Å²) in [6.07, 6.45) is 2.44. The van der Waals surface area contributed by atoms with Crippen LogP contribution in [0.3, 0.4) is 0 Å². The number of hydrogen-bond acceptors (Lipinski definition) is 4. The highest BCUT2D eigenvalue weighted by atomic mass is 35.5. The largest absolute Gasteiger partial charge is 0.468 e. The second-order valence-corrected chi connectivity index (χ2v) is 6.08. The molecule has 0 saturated heterocycles. The molecule has 0 aliphatic heterocycles. The summed E-state index contributed by atoms with van der Waals surface area (Å²) in [5.41, 5.74) is 5.54. The maximum atomic E-state index is 13.2. The van der Waals surface area contributed by atoms with Crippen LogP contribution in [-0.2, 0) is 9.53 Å². The molecule has 0 heterocycles. The molecular weight excluding hydrogens is 277 g/mol. The Kier molecular flexibility index (Phi) is 3.73. The van der Waals surface area contributed by atoms with E-state index in [-0.39, 0.29) is 16.7 Å². The Morgan fingerprint density at radius 1 is 1.56 bits per heavy atom. The van der Waals surface area contributed by atoms with Gasteiger partial charge >= 0.3 is 5.97 Å². The van der Waals surface area contributed by atoms with Crippen LogP contribution in [0.15, 0.2) is 17.0 Å². The zero-order chi connectivity index (χ0) is 13.3. The summed E-state index contributed by atoms with van der Waals surface area (Å²) in [4.78, 5) is 12.4. The summed E-state index contributed by atoms with van der Waals surface area (Å²) in [7, 11) is 1.36. The average Bonchev–Trinajstić information content (AvgIpc) is 2.29. The van der Waals surface area contributed by atoms with E-state index in [0.29, 0.717) is 4.90 Å². The van der Waals surface area contributed by atoms with E-state index < -0.39 is 10.6 Å². The first-order valence-electron chi connectivity index (χ1n) is 5.50. The van der Waals surface area contributed by atoms with Crippen molar-refractivity contribution in [1.29, 1.82) is 0 Å². The van der Waals surface area contributed by atoms with E-state index in [1.807, 2.05) is 0 Å². The zero-order valence-corrected chi connectivity index (χ0v) is 11.4. The van der Waals surface area contributed by atoms with Crippen molar-refractivity contribution in [1.82, 2.24) is 0 Å². The second kappa shape index (κ2) is 4.97. The lowest BCUT2D eigenvalue weighted by atomic mass is 9.84. The third kappa shape index (κ3) is 2.29. The number of carbonyl (C=O) groups is 1. The second-order valence-electron chi connectivity index (χ2n) is 4.25. The summed E-state index contributed by atoms with van der Waals surface area (Å²) in [6.45, 7) is 0. The quantitative estimate of drug-likeness (QED) is 0.685. The van der Waals surface area contributed by atoms with Crippen molar-refractivity contribution in [3.05, 3.63) is 23.0 Å². The molecule has 0 spiro atoms. The molecule has 0 unspecified atom stereocenters. The predicted octanol–water partition coefficient (Wildman–Crippen LogP) is 3.25. The number of halogens is 2. The third-order valence-corrected chi connectivity index (χ3v) is 5.02. The lowest BCUT2D eigenvalue weighted by Gasteiger charge is -2.38. The van der Waals surface area contributed by atoms with E-state index in [1.54, 1.807) is 0 Å².